The minimum absolute atomic E-state index is 0.0202. The smallest absolute Gasteiger partial charge is 0.274 e. The van der Waals surface area contributed by atoms with Crippen molar-refractivity contribution in [2.75, 3.05) is 32.7 Å². The van der Waals surface area contributed by atoms with E-state index in [9.17, 15) is 4.79 Å². The molecule has 1 aliphatic rings. The Balaban J connectivity index is 1.29. The van der Waals surface area contributed by atoms with Crippen molar-refractivity contribution in [2.24, 2.45) is 0 Å². The van der Waals surface area contributed by atoms with Gasteiger partial charge in [0.1, 0.15) is 0 Å². The van der Waals surface area contributed by atoms with Crippen molar-refractivity contribution in [2.45, 2.75) is 6.42 Å². The monoisotopic (exact) mass is 366 g/mol. The number of benzene rings is 1. The predicted molar refractivity (Wildman–Crippen MR) is 104 cm³/mol. The van der Waals surface area contributed by atoms with Crippen molar-refractivity contribution in [1.29, 1.82) is 0 Å². The van der Waals surface area contributed by atoms with Crippen LogP contribution in [0.4, 0.5) is 0 Å². The SMILES string of the molecule is O=C(c1cc(-c2cccs2)[nH]n1)N1CCN(CCc2ccccc2)CC1. The van der Waals surface area contributed by atoms with Crippen LogP contribution >= 0.6 is 11.3 Å². The summed E-state index contributed by atoms with van der Waals surface area (Å²) in [7, 11) is 0. The Hall–Kier alpha value is -2.44. The number of amides is 1. The number of aromatic nitrogens is 2. The minimum atomic E-state index is 0.0202. The van der Waals surface area contributed by atoms with Gasteiger partial charge in [0.05, 0.1) is 10.6 Å². The Bertz CT molecular complexity index is 836. The second-order valence-electron chi connectivity index (χ2n) is 6.51. The number of nitrogens with zero attached hydrogens (tertiary/aromatic N) is 3. The fraction of sp³-hybridized carbons (Fsp3) is 0.300. The lowest BCUT2D eigenvalue weighted by molar-refractivity contribution is 0.0632. The van der Waals surface area contributed by atoms with Crippen molar-refractivity contribution >= 4 is 17.2 Å². The van der Waals surface area contributed by atoms with E-state index in [2.05, 4.69) is 39.4 Å². The number of piperazine rings is 1. The molecule has 134 valence electrons. The molecule has 1 fully saturated rings. The molecule has 2 aromatic heterocycles. The molecule has 3 aromatic rings. The molecule has 0 saturated carbocycles. The van der Waals surface area contributed by atoms with Crippen LogP contribution in [0.1, 0.15) is 16.1 Å². The Morgan fingerprint density at radius 2 is 1.88 bits per heavy atom. The summed E-state index contributed by atoms with van der Waals surface area (Å²) in [6, 6.07) is 16.4. The van der Waals surface area contributed by atoms with Gasteiger partial charge in [-0.15, -0.1) is 11.3 Å². The third-order valence-electron chi connectivity index (χ3n) is 4.80. The molecule has 1 N–H and O–H groups in total. The van der Waals surface area contributed by atoms with Crippen molar-refractivity contribution in [1.82, 2.24) is 20.0 Å². The molecule has 1 saturated heterocycles. The number of carbonyl (C=O) groups is 1. The molecule has 4 rings (SSSR count). The third-order valence-corrected chi connectivity index (χ3v) is 5.71. The molecule has 0 bridgehead atoms. The molecule has 0 aliphatic carbocycles. The van der Waals surface area contributed by atoms with E-state index in [1.54, 1.807) is 11.3 Å². The Morgan fingerprint density at radius 3 is 2.62 bits per heavy atom. The highest BCUT2D eigenvalue weighted by atomic mass is 32.1. The van der Waals surface area contributed by atoms with Gasteiger partial charge >= 0.3 is 0 Å². The zero-order chi connectivity index (χ0) is 17.8. The second-order valence-corrected chi connectivity index (χ2v) is 7.46. The molecule has 5 nitrogen and oxygen atoms in total. The second kappa shape index (κ2) is 7.85. The van der Waals surface area contributed by atoms with Crippen LogP contribution in [0.3, 0.4) is 0 Å². The average Bonchev–Trinajstić information content (AvgIpc) is 3.38. The molecule has 3 heterocycles. The lowest BCUT2D eigenvalue weighted by atomic mass is 10.1. The molecule has 1 amide bonds. The van der Waals surface area contributed by atoms with E-state index in [0.717, 1.165) is 49.7 Å². The van der Waals surface area contributed by atoms with Crippen molar-refractivity contribution in [3.8, 4) is 10.6 Å². The number of H-pyrrole nitrogens is 1. The summed E-state index contributed by atoms with van der Waals surface area (Å²) in [4.78, 5) is 18.1. The Kier molecular flexibility index (Phi) is 5.13. The summed E-state index contributed by atoms with van der Waals surface area (Å²) in [5.41, 5.74) is 2.78. The molecule has 0 radical (unpaired) electrons. The van der Waals surface area contributed by atoms with E-state index in [4.69, 9.17) is 0 Å². The first-order chi connectivity index (χ1) is 12.8. The normalized spacial score (nSPS) is 15.3. The first-order valence-electron chi connectivity index (χ1n) is 8.94. The molecule has 0 atom stereocenters. The summed E-state index contributed by atoms with van der Waals surface area (Å²) in [6.45, 7) is 4.39. The van der Waals surface area contributed by atoms with E-state index in [-0.39, 0.29) is 5.91 Å². The average molecular weight is 366 g/mol. The fourth-order valence-electron chi connectivity index (χ4n) is 3.26. The third kappa shape index (κ3) is 3.86. The van der Waals surface area contributed by atoms with Gasteiger partial charge in [0.15, 0.2) is 5.69 Å². The van der Waals surface area contributed by atoms with Crippen LogP contribution < -0.4 is 0 Å². The molecular weight excluding hydrogens is 344 g/mol. The van der Waals surface area contributed by atoms with Crippen LogP contribution in [0.15, 0.2) is 53.9 Å². The van der Waals surface area contributed by atoms with Crippen LogP contribution in [0.2, 0.25) is 0 Å². The number of rotatable bonds is 5. The largest absolute Gasteiger partial charge is 0.335 e. The van der Waals surface area contributed by atoms with E-state index >= 15 is 0 Å². The number of nitrogens with one attached hydrogen (secondary N) is 1. The molecular formula is C20H22N4OS. The molecule has 26 heavy (non-hydrogen) atoms. The number of hydrogen-bond acceptors (Lipinski definition) is 4. The maximum atomic E-state index is 12.7. The van der Waals surface area contributed by atoms with Crippen LogP contribution in [-0.4, -0.2) is 58.6 Å². The molecule has 0 unspecified atom stereocenters. The summed E-state index contributed by atoms with van der Waals surface area (Å²) >= 11 is 1.64. The van der Waals surface area contributed by atoms with E-state index in [0.29, 0.717) is 5.69 Å². The van der Waals surface area contributed by atoms with E-state index < -0.39 is 0 Å². The maximum Gasteiger partial charge on any atom is 0.274 e. The quantitative estimate of drug-likeness (QED) is 0.755. The highest BCUT2D eigenvalue weighted by molar-refractivity contribution is 7.13. The van der Waals surface area contributed by atoms with Crippen molar-refractivity contribution < 1.29 is 4.79 Å². The summed E-state index contributed by atoms with van der Waals surface area (Å²) in [6.07, 6.45) is 1.05. The van der Waals surface area contributed by atoms with Gasteiger partial charge in [-0.2, -0.15) is 5.10 Å². The topological polar surface area (TPSA) is 52.2 Å². The van der Waals surface area contributed by atoms with Crippen molar-refractivity contribution in [3.63, 3.8) is 0 Å². The zero-order valence-corrected chi connectivity index (χ0v) is 15.4. The minimum Gasteiger partial charge on any atom is -0.335 e. The Morgan fingerprint density at radius 1 is 1.08 bits per heavy atom. The maximum absolute atomic E-state index is 12.7. The van der Waals surface area contributed by atoms with Crippen LogP contribution in [-0.2, 0) is 6.42 Å². The lowest BCUT2D eigenvalue weighted by Crippen LogP contribution is -2.49. The molecule has 1 aromatic carbocycles. The summed E-state index contributed by atoms with van der Waals surface area (Å²) in [5.74, 6) is 0.0202. The van der Waals surface area contributed by atoms with Crippen LogP contribution in [0, 0.1) is 0 Å². The van der Waals surface area contributed by atoms with Gasteiger partial charge in [-0.25, -0.2) is 0 Å². The molecule has 0 spiro atoms. The molecule has 6 heteroatoms. The lowest BCUT2D eigenvalue weighted by Gasteiger charge is -2.34. The van der Waals surface area contributed by atoms with E-state index in [1.807, 2.05) is 34.5 Å². The standard InChI is InChI=1S/C20H22N4OS/c25-20(18-15-17(21-22-18)19-7-4-14-26-19)24-12-10-23(11-13-24)9-8-16-5-2-1-3-6-16/h1-7,14-15H,8-13H2,(H,21,22). The number of aromatic amines is 1. The number of hydrogen-bond donors (Lipinski definition) is 1. The predicted octanol–water partition coefficient (Wildman–Crippen LogP) is 3.14. The fourth-order valence-corrected chi connectivity index (χ4v) is 3.95. The highest BCUT2D eigenvalue weighted by Gasteiger charge is 2.23. The van der Waals surface area contributed by atoms with Crippen molar-refractivity contribution in [3.05, 3.63) is 65.2 Å². The van der Waals surface area contributed by atoms with Crippen LogP contribution in [0.25, 0.3) is 10.6 Å². The first-order valence-corrected chi connectivity index (χ1v) is 9.82. The van der Waals surface area contributed by atoms with Gasteiger partial charge in [0.2, 0.25) is 0 Å². The van der Waals surface area contributed by atoms with Gasteiger partial charge in [-0.1, -0.05) is 36.4 Å². The van der Waals surface area contributed by atoms with Gasteiger partial charge < -0.3 is 4.90 Å². The van der Waals surface area contributed by atoms with Gasteiger partial charge in [0.25, 0.3) is 5.91 Å². The van der Waals surface area contributed by atoms with Gasteiger partial charge in [-0.05, 0) is 29.5 Å². The summed E-state index contributed by atoms with van der Waals surface area (Å²) in [5, 5.41) is 9.22. The van der Waals surface area contributed by atoms with E-state index in [1.165, 1.54) is 5.56 Å². The van der Waals surface area contributed by atoms with Gasteiger partial charge in [-0.3, -0.25) is 14.8 Å². The molecule has 1 aliphatic heterocycles. The number of thiophene rings is 1. The van der Waals surface area contributed by atoms with Gasteiger partial charge in [0, 0.05) is 32.7 Å². The first kappa shape index (κ1) is 17.0. The van der Waals surface area contributed by atoms with Crippen LogP contribution in [0.5, 0.6) is 0 Å². The number of carbonyl (C=O) groups excluding carboxylic acids is 1. The highest BCUT2D eigenvalue weighted by Crippen LogP contribution is 2.23. The summed E-state index contributed by atoms with van der Waals surface area (Å²) < 4.78 is 0. The zero-order valence-electron chi connectivity index (χ0n) is 14.6. The Labute approximate surface area is 157 Å².